The first kappa shape index (κ1) is 23.8. The van der Waals surface area contributed by atoms with Crippen LogP contribution in [0.3, 0.4) is 0 Å². The van der Waals surface area contributed by atoms with Gasteiger partial charge in [-0.1, -0.05) is 80.0 Å². The van der Waals surface area contributed by atoms with Gasteiger partial charge in [0.1, 0.15) is 11.9 Å². The van der Waals surface area contributed by atoms with Crippen LogP contribution in [0.15, 0.2) is 78.9 Å². The van der Waals surface area contributed by atoms with Crippen LogP contribution in [0.2, 0.25) is 5.02 Å². The molecule has 0 fully saturated rings. The minimum Gasteiger partial charge on any atom is -0.350 e. The molecular formula is C26H26Cl2N2O2. The van der Waals surface area contributed by atoms with E-state index in [1.54, 1.807) is 24.3 Å². The second-order valence-electron chi connectivity index (χ2n) is 7.80. The summed E-state index contributed by atoms with van der Waals surface area (Å²) in [6, 6.07) is 23.3. The van der Waals surface area contributed by atoms with Crippen LogP contribution in [-0.2, 0) is 16.1 Å². The van der Waals surface area contributed by atoms with Gasteiger partial charge < -0.3 is 5.32 Å². The molecule has 3 aromatic rings. The van der Waals surface area contributed by atoms with E-state index >= 15 is 0 Å². The Morgan fingerprint density at radius 1 is 0.875 bits per heavy atom. The zero-order chi connectivity index (χ0) is 23.1. The number of rotatable bonds is 8. The molecular weight excluding hydrogens is 443 g/mol. The molecule has 1 N–H and O–H groups in total. The third kappa shape index (κ3) is 5.90. The van der Waals surface area contributed by atoms with Crippen molar-refractivity contribution in [2.24, 2.45) is 0 Å². The van der Waals surface area contributed by atoms with Gasteiger partial charge in [0.25, 0.3) is 0 Å². The second-order valence-corrected chi connectivity index (χ2v) is 8.50. The van der Waals surface area contributed by atoms with E-state index in [0.717, 1.165) is 11.1 Å². The van der Waals surface area contributed by atoms with Gasteiger partial charge in [-0.25, -0.2) is 0 Å². The largest absolute Gasteiger partial charge is 0.350 e. The van der Waals surface area contributed by atoms with Gasteiger partial charge in [0.2, 0.25) is 11.8 Å². The molecule has 0 saturated heterocycles. The summed E-state index contributed by atoms with van der Waals surface area (Å²) in [6.07, 6.45) is 0. The molecule has 0 heterocycles. The topological polar surface area (TPSA) is 49.4 Å². The number of nitrogens with zero attached hydrogens (tertiary/aromatic N) is 1. The highest BCUT2D eigenvalue weighted by Crippen LogP contribution is 2.30. The van der Waals surface area contributed by atoms with Gasteiger partial charge in [-0.15, -0.1) is 11.6 Å². The Morgan fingerprint density at radius 2 is 1.47 bits per heavy atom. The maximum absolute atomic E-state index is 13.4. The fourth-order valence-corrected chi connectivity index (χ4v) is 3.72. The number of nitrogens with one attached hydrogen (secondary N) is 1. The number of anilines is 1. The zero-order valence-electron chi connectivity index (χ0n) is 18.1. The van der Waals surface area contributed by atoms with Gasteiger partial charge in [-0.3, -0.25) is 14.5 Å². The van der Waals surface area contributed by atoms with E-state index in [-0.39, 0.29) is 17.7 Å². The smallest absolute Gasteiger partial charge is 0.248 e. The Morgan fingerprint density at radius 3 is 2.03 bits per heavy atom. The van der Waals surface area contributed by atoms with Gasteiger partial charge in [0.05, 0.1) is 0 Å². The summed E-state index contributed by atoms with van der Waals surface area (Å²) >= 11 is 12.0. The summed E-state index contributed by atoms with van der Waals surface area (Å²) in [4.78, 5) is 27.9. The first-order chi connectivity index (χ1) is 15.4. The molecule has 0 spiro atoms. The van der Waals surface area contributed by atoms with Crippen LogP contribution in [0, 0.1) is 0 Å². The van der Waals surface area contributed by atoms with Crippen LogP contribution in [-0.4, -0.2) is 17.7 Å². The quantitative estimate of drug-likeness (QED) is 0.406. The van der Waals surface area contributed by atoms with Crippen LogP contribution in [0.25, 0.3) is 0 Å². The molecule has 1 atom stereocenters. The van der Waals surface area contributed by atoms with Gasteiger partial charge in [0, 0.05) is 17.3 Å². The van der Waals surface area contributed by atoms with E-state index in [1.165, 1.54) is 4.90 Å². The molecule has 3 rings (SSSR count). The first-order valence-corrected chi connectivity index (χ1v) is 11.4. The summed E-state index contributed by atoms with van der Waals surface area (Å²) in [5.41, 5.74) is 3.36. The average molecular weight is 469 g/mol. The lowest BCUT2D eigenvalue weighted by Crippen LogP contribution is -2.44. The van der Waals surface area contributed by atoms with Crippen molar-refractivity contribution >= 4 is 40.7 Å². The van der Waals surface area contributed by atoms with Crippen LogP contribution in [0.4, 0.5) is 5.69 Å². The Kier molecular flexibility index (Phi) is 8.32. The van der Waals surface area contributed by atoms with Crippen LogP contribution < -0.4 is 10.2 Å². The number of amides is 2. The standard InChI is InChI=1S/C26H26Cl2N2O2/c1-18(2)20-10-14-23(15-11-20)30(24(31)16-27)25(21-8-12-22(28)13-9-21)26(32)29-17-19-6-4-3-5-7-19/h3-15,18,25H,16-17H2,1-2H3,(H,29,32). The zero-order valence-corrected chi connectivity index (χ0v) is 19.6. The minimum absolute atomic E-state index is 0.248. The van der Waals surface area contributed by atoms with Gasteiger partial charge in [-0.2, -0.15) is 0 Å². The highest BCUT2D eigenvalue weighted by Gasteiger charge is 2.32. The molecule has 2 amide bonds. The molecule has 6 heteroatoms. The molecule has 0 aliphatic carbocycles. The summed E-state index contributed by atoms with van der Waals surface area (Å²) < 4.78 is 0. The van der Waals surface area contributed by atoms with Crippen molar-refractivity contribution in [1.82, 2.24) is 5.32 Å². The van der Waals surface area contributed by atoms with Crippen molar-refractivity contribution in [3.05, 3.63) is 101 Å². The monoisotopic (exact) mass is 468 g/mol. The number of hydrogen-bond donors (Lipinski definition) is 1. The third-order valence-corrected chi connectivity index (χ3v) is 5.70. The number of carbonyl (C=O) groups excluding carboxylic acids is 2. The fraction of sp³-hybridized carbons (Fsp3) is 0.231. The number of hydrogen-bond acceptors (Lipinski definition) is 2. The van der Waals surface area contributed by atoms with E-state index < -0.39 is 6.04 Å². The predicted molar refractivity (Wildman–Crippen MR) is 131 cm³/mol. The van der Waals surface area contributed by atoms with Crippen LogP contribution >= 0.6 is 23.2 Å². The summed E-state index contributed by atoms with van der Waals surface area (Å²) in [5.74, 6) is -0.564. The summed E-state index contributed by atoms with van der Waals surface area (Å²) in [7, 11) is 0. The minimum atomic E-state index is -0.896. The highest BCUT2D eigenvalue weighted by molar-refractivity contribution is 6.30. The van der Waals surface area contributed by atoms with Crippen LogP contribution in [0.5, 0.6) is 0 Å². The number of carbonyl (C=O) groups is 2. The Labute approximate surface area is 199 Å². The second kappa shape index (κ2) is 11.2. The van der Waals surface area contributed by atoms with E-state index in [1.807, 2.05) is 54.6 Å². The number of benzene rings is 3. The fourth-order valence-electron chi connectivity index (χ4n) is 3.47. The SMILES string of the molecule is CC(C)c1ccc(N(C(=O)CCl)C(C(=O)NCc2ccccc2)c2ccc(Cl)cc2)cc1. The molecule has 1 unspecified atom stereocenters. The molecule has 3 aromatic carbocycles. The maximum Gasteiger partial charge on any atom is 0.248 e. The molecule has 0 radical (unpaired) electrons. The summed E-state index contributed by atoms with van der Waals surface area (Å²) in [5, 5.41) is 3.51. The van der Waals surface area contributed by atoms with Crippen molar-refractivity contribution in [3.8, 4) is 0 Å². The van der Waals surface area contributed by atoms with E-state index in [4.69, 9.17) is 23.2 Å². The molecule has 0 aliphatic heterocycles. The molecule has 166 valence electrons. The normalized spacial score (nSPS) is 11.8. The van der Waals surface area contributed by atoms with Gasteiger partial charge in [-0.05, 0) is 46.9 Å². The number of halogens is 2. The highest BCUT2D eigenvalue weighted by atomic mass is 35.5. The third-order valence-electron chi connectivity index (χ3n) is 5.22. The summed E-state index contributed by atoms with van der Waals surface area (Å²) in [6.45, 7) is 4.55. The van der Waals surface area contributed by atoms with Crippen molar-refractivity contribution in [1.29, 1.82) is 0 Å². The lowest BCUT2D eigenvalue weighted by molar-refractivity contribution is -0.126. The van der Waals surface area contributed by atoms with E-state index in [2.05, 4.69) is 19.2 Å². The Balaban J connectivity index is 1.99. The lowest BCUT2D eigenvalue weighted by atomic mass is 10.0. The van der Waals surface area contributed by atoms with Crippen LogP contribution in [0.1, 0.15) is 42.5 Å². The maximum atomic E-state index is 13.4. The van der Waals surface area contributed by atoms with E-state index in [9.17, 15) is 9.59 Å². The van der Waals surface area contributed by atoms with Crippen molar-refractivity contribution < 1.29 is 9.59 Å². The van der Waals surface area contributed by atoms with Gasteiger partial charge in [0.15, 0.2) is 0 Å². The molecule has 0 bridgehead atoms. The molecule has 4 nitrogen and oxygen atoms in total. The van der Waals surface area contributed by atoms with Crippen molar-refractivity contribution in [2.75, 3.05) is 10.8 Å². The lowest BCUT2D eigenvalue weighted by Gasteiger charge is -2.31. The first-order valence-electron chi connectivity index (χ1n) is 10.5. The molecule has 0 saturated carbocycles. The van der Waals surface area contributed by atoms with Crippen molar-refractivity contribution in [3.63, 3.8) is 0 Å². The molecule has 32 heavy (non-hydrogen) atoms. The predicted octanol–water partition coefficient (Wildman–Crippen LogP) is 6.09. The molecule has 0 aromatic heterocycles. The molecule has 0 aliphatic rings. The van der Waals surface area contributed by atoms with E-state index in [0.29, 0.717) is 28.7 Å². The number of alkyl halides is 1. The van der Waals surface area contributed by atoms with Gasteiger partial charge >= 0.3 is 0 Å². The Bertz CT molecular complexity index is 1040. The van der Waals surface area contributed by atoms with Crippen molar-refractivity contribution in [2.45, 2.75) is 32.4 Å². The Hall–Kier alpha value is -2.82. The average Bonchev–Trinajstić information content (AvgIpc) is 2.82.